The Morgan fingerprint density at radius 2 is 1.90 bits per heavy atom. The first-order valence-electron chi connectivity index (χ1n) is 15.0. The zero-order valence-electron chi connectivity index (χ0n) is 24.1. The molecule has 0 saturated heterocycles. The first-order valence-corrected chi connectivity index (χ1v) is 15.0. The van der Waals surface area contributed by atoms with E-state index in [-0.39, 0.29) is 36.0 Å². The molecule has 220 valence electrons. The highest BCUT2D eigenvalue weighted by Gasteiger charge is 2.59. The molecule has 4 aliphatic rings. The second-order valence-electron chi connectivity index (χ2n) is 13.4. The molecular formula is C31H39N3O7. The van der Waals surface area contributed by atoms with Crippen LogP contribution in [0.1, 0.15) is 88.7 Å². The van der Waals surface area contributed by atoms with E-state index in [0.29, 0.717) is 40.9 Å². The molecule has 0 aromatic carbocycles. The molecule has 41 heavy (non-hydrogen) atoms. The fourth-order valence-corrected chi connectivity index (χ4v) is 9.33. The summed E-state index contributed by atoms with van der Waals surface area (Å²) >= 11 is 0. The maximum absolute atomic E-state index is 13.4. The summed E-state index contributed by atoms with van der Waals surface area (Å²) < 4.78 is 22.4. The molecule has 2 aromatic heterocycles. The third-order valence-electron chi connectivity index (χ3n) is 11.2. The second kappa shape index (κ2) is 10.5. The Morgan fingerprint density at radius 1 is 1.10 bits per heavy atom. The molecule has 2 heterocycles. The van der Waals surface area contributed by atoms with Crippen LogP contribution >= 0.6 is 0 Å². The maximum Gasteiger partial charge on any atom is 0.519 e. The van der Waals surface area contributed by atoms with Crippen molar-refractivity contribution in [1.29, 1.82) is 5.26 Å². The Labute approximate surface area is 239 Å². The Hall–Kier alpha value is -3.35. The van der Waals surface area contributed by atoms with E-state index < -0.39 is 17.6 Å². The quantitative estimate of drug-likeness (QED) is 0.412. The molecule has 0 radical (unpaired) electrons. The summed E-state index contributed by atoms with van der Waals surface area (Å²) in [4.78, 5) is 37.2. The van der Waals surface area contributed by atoms with Gasteiger partial charge in [-0.3, -0.25) is 9.48 Å². The summed E-state index contributed by atoms with van der Waals surface area (Å²) in [6, 6.07) is 2.08. The summed E-state index contributed by atoms with van der Waals surface area (Å²) in [5.74, 6) is 2.96. The van der Waals surface area contributed by atoms with Crippen molar-refractivity contribution in [1.82, 2.24) is 9.78 Å². The summed E-state index contributed by atoms with van der Waals surface area (Å²) in [6.07, 6.45) is 11.6. The number of ether oxygens (including phenoxy) is 2. The average Bonchev–Trinajstić information content (AvgIpc) is 3.62. The number of hydrogen-bond acceptors (Lipinski definition) is 9. The number of carbonyl (C=O) groups is 2. The van der Waals surface area contributed by atoms with Gasteiger partial charge in [0.2, 0.25) is 0 Å². The summed E-state index contributed by atoms with van der Waals surface area (Å²) in [7, 11) is 0. The zero-order valence-corrected chi connectivity index (χ0v) is 24.1. The topological polar surface area (TPSA) is 138 Å². The molecule has 0 bridgehead atoms. The predicted molar refractivity (Wildman–Crippen MR) is 144 cm³/mol. The first kappa shape index (κ1) is 27.8. The van der Waals surface area contributed by atoms with Crippen LogP contribution in [-0.2, 0) is 27.4 Å². The normalized spacial score (nSPS) is 36.0. The molecule has 10 heteroatoms. The summed E-state index contributed by atoms with van der Waals surface area (Å²) in [5, 5.41) is 13.3. The van der Waals surface area contributed by atoms with E-state index in [1.165, 1.54) is 6.20 Å². The number of ketones is 1. The minimum atomic E-state index is -0.817. The van der Waals surface area contributed by atoms with Gasteiger partial charge in [-0.2, -0.15) is 10.4 Å². The van der Waals surface area contributed by atoms with Gasteiger partial charge in [-0.25, -0.2) is 9.59 Å². The molecule has 4 aliphatic carbocycles. The van der Waals surface area contributed by atoms with Gasteiger partial charge < -0.3 is 18.3 Å². The van der Waals surface area contributed by atoms with Crippen molar-refractivity contribution in [2.24, 2.45) is 40.9 Å². The number of rotatable bonds is 6. The number of Topliss-reactive ketones (excluding diaryl/α,β-unsaturated/α-hetero) is 1. The van der Waals surface area contributed by atoms with Gasteiger partial charge in [0.25, 0.3) is 0 Å². The molecular weight excluding hydrogens is 526 g/mol. The van der Waals surface area contributed by atoms with Crippen molar-refractivity contribution in [2.75, 3.05) is 0 Å². The summed E-state index contributed by atoms with van der Waals surface area (Å²) in [5.41, 5.74) is -0.0713. The van der Waals surface area contributed by atoms with Crippen molar-refractivity contribution in [3.8, 4) is 6.07 Å². The first-order chi connectivity index (χ1) is 19.6. The fourth-order valence-electron chi connectivity index (χ4n) is 9.33. The van der Waals surface area contributed by atoms with E-state index in [9.17, 15) is 14.4 Å². The van der Waals surface area contributed by atoms with Crippen molar-refractivity contribution in [3.63, 3.8) is 0 Å². The molecule has 8 atom stereocenters. The highest BCUT2D eigenvalue weighted by molar-refractivity contribution is 5.82. The number of carbonyl (C=O) groups excluding carboxylic acids is 2. The lowest BCUT2D eigenvalue weighted by Crippen LogP contribution is -2.51. The highest BCUT2D eigenvalue weighted by atomic mass is 16.7. The van der Waals surface area contributed by atoms with E-state index in [0.717, 1.165) is 57.8 Å². The standard InChI is InChI=1S/C31H39N3O7/c1-18-27(40-29(37)39-18)17-38-28(36)41-30(2)10-8-21-20(12-30)4-5-23-22(21)9-11-31(3)24(23)6-7-25(31)26(35)16-34-15-19(13-32)14-33-34/h14-15,20-25H,4-12,16-17H2,1-3H3/t20-,21+,22-,23-,24+,25-,30-,31+/m1/s1. The minimum absolute atomic E-state index is 0.0266. The zero-order chi connectivity index (χ0) is 28.9. The number of nitrogens with zero attached hydrogens (tertiary/aromatic N) is 3. The lowest BCUT2D eigenvalue weighted by Gasteiger charge is -2.57. The SMILES string of the molecule is Cc1oc(=O)oc1COC(=O)O[C@]1(C)CC[C@H]2[C@H](CC[C@@H]3[C@@H]2CC[C@]2(C)[C@@H](C(=O)Cn4cc(C#N)cn4)CC[C@@H]32)C1. The van der Waals surface area contributed by atoms with Gasteiger partial charge in [0.15, 0.2) is 23.9 Å². The molecule has 0 spiro atoms. The van der Waals surface area contributed by atoms with Crippen molar-refractivity contribution in [2.45, 2.75) is 97.3 Å². The van der Waals surface area contributed by atoms with E-state index in [2.05, 4.69) is 18.1 Å². The number of aromatic nitrogens is 2. The number of fused-ring (bicyclic) bond motifs is 5. The van der Waals surface area contributed by atoms with Crippen LogP contribution < -0.4 is 5.82 Å². The van der Waals surface area contributed by atoms with Gasteiger partial charge in [0.1, 0.15) is 11.7 Å². The van der Waals surface area contributed by atoms with E-state index in [1.807, 2.05) is 6.92 Å². The predicted octanol–water partition coefficient (Wildman–Crippen LogP) is 5.56. The number of nitriles is 1. The fraction of sp³-hybridized carbons (Fsp3) is 0.710. The molecule has 2 aromatic rings. The molecule has 6 rings (SSSR count). The van der Waals surface area contributed by atoms with E-state index in [1.54, 1.807) is 17.8 Å². The van der Waals surface area contributed by atoms with Gasteiger partial charge in [-0.05, 0) is 107 Å². The highest BCUT2D eigenvalue weighted by Crippen LogP contribution is 2.64. The Balaban J connectivity index is 1.06. The Bertz CT molecular complexity index is 1420. The smallest absolute Gasteiger partial charge is 0.428 e. The molecule has 0 unspecified atom stereocenters. The van der Waals surface area contributed by atoms with Gasteiger partial charge in [0.05, 0.1) is 18.3 Å². The van der Waals surface area contributed by atoms with Crippen LogP contribution in [0.15, 0.2) is 26.0 Å². The molecule has 4 fully saturated rings. The van der Waals surface area contributed by atoms with Gasteiger partial charge >= 0.3 is 12.0 Å². The number of aryl methyl sites for hydroxylation is 1. The van der Waals surface area contributed by atoms with Crippen LogP contribution in [0, 0.1) is 59.2 Å². The van der Waals surface area contributed by atoms with Gasteiger partial charge in [-0.15, -0.1) is 0 Å². The number of hydrogen-bond donors (Lipinski definition) is 0. The van der Waals surface area contributed by atoms with Gasteiger partial charge in [0, 0.05) is 12.1 Å². The molecule has 4 saturated carbocycles. The lowest BCUT2D eigenvalue weighted by molar-refractivity contribution is -0.134. The van der Waals surface area contributed by atoms with Crippen LogP contribution in [-0.4, -0.2) is 27.3 Å². The van der Waals surface area contributed by atoms with Crippen molar-refractivity contribution in [3.05, 3.63) is 40.1 Å². The third kappa shape index (κ3) is 5.13. The van der Waals surface area contributed by atoms with Crippen LogP contribution in [0.2, 0.25) is 0 Å². The molecule has 10 nitrogen and oxygen atoms in total. The van der Waals surface area contributed by atoms with Crippen LogP contribution in [0.4, 0.5) is 4.79 Å². The lowest BCUT2D eigenvalue weighted by atomic mass is 9.49. The largest absolute Gasteiger partial charge is 0.519 e. The van der Waals surface area contributed by atoms with Crippen molar-refractivity contribution >= 4 is 11.9 Å². The minimum Gasteiger partial charge on any atom is -0.428 e. The Kier molecular flexibility index (Phi) is 7.11. The second-order valence-corrected chi connectivity index (χ2v) is 13.4. The monoisotopic (exact) mass is 565 g/mol. The molecule has 0 aliphatic heterocycles. The van der Waals surface area contributed by atoms with Gasteiger partial charge in [-0.1, -0.05) is 6.92 Å². The Morgan fingerprint density at radius 3 is 2.63 bits per heavy atom. The molecule has 0 amide bonds. The van der Waals surface area contributed by atoms with Crippen LogP contribution in [0.5, 0.6) is 0 Å². The average molecular weight is 566 g/mol. The van der Waals surface area contributed by atoms with E-state index in [4.69, 9.17) is 23.6 Å². The third-order valence-corrected chi connectivity index (χ3v) is 11.2. The van der Waals surface area contributed by atoms with Crippen molar-refractivity contribution < 1.29 is 27.9 Å². The van der Waals surface area contributed by atoms with E-state index >= 15 is 0 Å². The molecule has 0 N–H and O–H groups in total. The summed E-state index contributed by atoms with van der Waals surface area (Å²) in [6.45, 7) is 5.98. The maximum atomic E-state index is 13.4. The van der Waals surface area contributed by atoms with Crippen LogP contribution in [0.25, 0.3) is 0 Å². The van der Waals surface area contributed by atoms with Crippen LogP contribution in [0.3, 0.4) is 0 Å².